The summed E-state index contributed by atoms with van der Waals surface area (Å²) >= 11 is 0. The predicted molar refractivity (Wildman–Crippen MR) is 67.5 cm³/mol. The fraction of sp³-hybridized carbons (Fsp3) is 0.462. The van der Waals surface area contributed by atoms with E-state index in [0.717, 1.165) is 6.07 Å². The molecule has 7 heteroatoms. The normalized spacial score (nSPS) is 13.1. The lowest BCUT2D eigenvalue weighted by molar-refractivity contribution is -0.140. The highest BCUT2D eigenvalue weighted by atomic mass is 19.4. The van der Waals surface area contributed by atoms with Crippen molar-refractivity contribution in [2.24, 2.45) is 5.73 Å². The van der Waals surface area contributed by atoms with Crippen LogP contribution >= 0.6 is 0 Å². The van der Waals surface area contributed by atoms with Crippen LogP contribution < -0.4 is 11.1 Å². The third-order valence-electron chi connectivity index (χ3n) is 2.62. The summed E-state index contributed by atoms with van der Waals surface area (Å²) in [6, 6.07) is 2.32. The van der Waals surface area contributed by atoms with Gasteiger partial charge in [-0.1, -0.05) is 0 Å². The fourth-order valence-electron chi connectivity index (χ4n) is 1.63. The zero-order chi connectivity index (χ0) is 15.3. The van der Waals surface area contributed by atoms with Gasteiger partial charge in [0.05, 0.1) is 5.56 Å². The van der Waals surface area contributed by atoms with Crippen LogP contribution in [0.3, 0.4) is 0 Å². The van der Waals surface area contributed by atoms with E-state index in [9.17, 15) is 22.4 Å². The van der Waals surface area contributed by atoms with Gasteiger partial charge in [0.1, 0.15) is 5.82 Å². The van der Waals surface area contributed by atoms with Crippen molar-refractivity contribution >= 4 is 11.6 Å². The number of carbonyl (C=O) groups is 1. The van der Waals surface area contributed by atoms with E-state index in [-0.39, 0.29) is 18.2 Å². The molecule has 0 aliphatic rings. The lowest BCUT2D eigenvalue weighted by Gasteiger charge is -2.11. The molecule has 1 amide bonds. The minimum Gasteiger partial charge on any atom is -0.328 e. The van der Waals surface area contributed by atoms with E-state index in [1.54, 1.807) is 6.92 Å². The molecule has 0 saturated carbocycles. The summed E-state index contributed by atoms with van der Waals surface area (Å²) in [4.78, 5) is 11.5. The van der Waals surface area contributed by atoms with Crippen LogP contribution in [0.1, 0.15) is 31.7 Å². The van der Waals surface area contributed by atoms with Crippen LogP contribution in [0, 0.1) is 5.82 Å². The molecule has 1 aromatic carbocycles. The Kier molecular flexibility index (Phi) is 5.50. The Labute approximate surface area is 114 Å². The monoisotopic (exact) mass is 292 g/mol. The van der Waals surface area contributed by atoms with Crippen LogP contribution in [0.4, 0.5) is 23.2 Å². The van der Waals surface area contributed by atoms with Gasteiger partial charge >= 0.3 is 6.18 Å². The molecule has 3 N–H and O–H groups in total. The summed E-state index contributed by atoms with van der Waals surface area (Å²) in [5.41, 5.74) is 4.04. The van der Waals surface area contributed by atoms with Gasteiger partial charge in [0, 0.05) is 18.2 Å². The first-order chi connectivity index (χ1) is 9.20. The minimum atomic E-state index is -4.79. The van der Waals surface area contributed by atoms with E-state index in [0.29, 0.717) is 25.0 Å². The van der Waals surface area contributed by atoms with Gasteiger partial charge < -0.3 is 11.1 Å². The molecule has 0 aliphatic carbocycles. The number of hydrogen-bond acceptors (Lipinski definition) is 2. The highest BCUT2D eigenvalue weighted by Gasteiger charge is 2.34. The number of hydrogen-bond donors (Lipinski definition) is 2. The lowest BCUT2D eigenvalue weighted by Crippen LogP contribution is -2.17. The predicted octanol–water partition coefficient (Wildman–Crippen LogP) is 3.30. The maximum Gasteiger partial charge on any atom is 0.419 e. The van der Waals surface area contributed by atoms with Crippen molar-refractivity contribution in [3.8, 4) is 0 Å². The van der Waals surface area contributed by atoms with Crippen LogP contribution in [0.25, 0.3) is 0 Å². The van der Waals surface area contributed by atoms with Crippen LogP contribution in [0.2, 0.25) is 0 Å². The molecule has 1 rings (SSSR count). The zero-order valence-corrected chi connectivity index (χ0v) is 10.9. The van der Waals surface area contributed by atoms with Crippen molar-refractivity contribution in [2.45, 2.75) is 38.4 Å². The Bertz CT molecular complexity index is 472. The molecule has 112 valence electrons. The van der Waals surface area contributed by atoms with Crippen LogP contribution in [-0.4, -0.2) is 11.9 Å². The molecule has 1 atom stereocenters. The molecule has 1 unspecified atom stereocenters. The first-order valence-electron chi connectivity index (χ1n) is 6.12. The number of rotatable bonds is 5. The second kappa shape index (κ2) is 6.69. The molecule has 20 heavy (non-hydrogen) atoms. The molecule has 3 nitrogen and oxygen atoms in total. The Morgan fingerprint density at radius 2 is 2.05 bits per heavy atom. The van der Waals surface area contributed by atoms with E-state index in [1.807, 2.05) is 0 Å². The molecule has 0 saturated heterocycles. The number of nitrogens with one attached hydrogen (secondary N) is 1. The maximum absolute atomic E-state index is 13.0. The highest BCUT2D eigenvalue weighted by molar-refractivity contribution is 5.90. The molecule has 0 aliphatic heterocycles. The standard InChI is InChI=1S/C13H16F4N2O/c1-8(18)3-2-4-12(20)19-9-5-6-11(14)10(7-9)13(15,16)17/h5-8H,2-4,18H2,1H3,(H,19,20). The van der Waals surface area contributed by atoms with Crippen molar-refractivity contribution in [1.82, 2.24) is 0 Å². The second-order valence-electron chi connectivity index (χ2n) is 4.61. The van der Waals surface area contributed by atoms with E-state index in [1.165, 1.54) is 0 Å². The summed E-state index contributed by atoms with van der Waals surface area (Å²) in [6.45, 7) is 1.80. The van der Waals surface area contributed by atoms with Gasteiger partial charge in [0.15, 0.2) is 0 Å². The average molecular weight is 292 g/mol. The van der Waals surface area contributed by atoms with E-state index in [4.69, 9.17) is 5.73 Å². The van der Waals surface area contributed by atoms with Crippen LogP contribution in [0.5, 0.6) is 0 Å². The van der Waals surface area contributed by atoms with Crippen molar-refractivity contribution in [3.05, 3.63) is 29.6 Å². The van der Waals surface area contributed by atoms with Crippen molar-refractivity contribution < 1.29 is 22.4 Å². The lowest BCUT2D eigenvalue weighted by atomic mass is 10.1. The second-order valence-corrected chi connectivity index (χ2v) is 4.61. The van der Waals surface area contributed by atoms with Crippen LogP contribution in [-0.2, 0) is 11.0 Å². The average Bonchev–Trinajstić information content (AvgIpc) is 2.29. The number of alkyl halides is 3. The fourth-order valence-corrected chi connectivity index (χ4v) is 1.63. The SMILES string of the molecule is CC(N)CCCC(=O)Nc1ccc(F)c(C(F)(F)F)c1. The third-order valence-corrected chi connectivity index (χ3v) is 2.62. The topological polar surface area (TPSA) is 55.1 Å². The van der Waals surface area contributed by atoms with Gasteiger partial charge in [0.2, 0.25) is 5.91 Å². The summed E-state index contributed by atoms with van der Waals surface area (Å²) in [6.07, 6.45) is -3.46. The van der Waals surface area contributed by atoms with Crippen molar-refractivity contribution in [2.75, 3.05) is 5.32 Å². The Balaban J connectivity index is 2.67. The summed E-state index contributed by atoms with van der Waals surface area (Å²) in [5.74, 6) is -1.79. The quantitative estimate of drug-likeness (QED) is 0.818. The molecule has 0 heterocycles. The summed E-state index contributed by atoms with van der Waals surface area (Å²) < 4.78 is 50.5. The number of benzene rings is 1. The first kappa shape index (κ1) is 16.4. The van der Waals surface area contributed by atoms with E-state index < -0.39 is 23.5 Å². The van der Waals surface area contributed by atoms with Crippen molar-refractivity contribution in [3.63, 3.8) is 0 Å². The molecule has 0 aromatic heterocycles. The molecule has 0 bridgehead atoms. The Morgan fingerprint density at radius 3 is 2.60 bits per heavy atom. The summed E-state index contributed by atoms with van der Waals surface area (Å²) in [5, 5.41) is 2.31. The Morgan fingerprint density at radius 1 is 1.40 bits per heavy atom. The molecular weight excluding hydrogens is 276 g/mol. The maximum atomic E-state index is 13.0. The Hall–Kier alpha value is -1.63. The largest absolute Gasteiger partial charge is 0.419 e. The molecular formula is C13H16F4N2O. The van der Waals surface area contributed by atoms with Gasteiger partial charge in [-0.25, -0.2) is 4.39 Å². The molecule has 0 spiro atoms. The summed E-state index contributed by atoms with van der Waals surface area (Å²) in [7, 11) is 0. The smallest absolute Gasteiger partial charge is 0.328 e. The van der Waals surface area contributed by atoms with Gasteiger partial charge in [0.25, 0.3) is 0 Å². The molecule has 1 aromatic rings. The number of halogens is 4. The van der Waals surface area contributed by atoms with Gasteiger partial charge in [-0.2, -0.15) is 13.2 Å². The number of nitrogens with two attached hydrogens (primary N) is 1. The van der Waals surface area contributed by atoms with Gasteiger partial charge in [-0.3, -0.25) is 4.79 Å². The number of carbonyl (C=O) groups excluding carboxylic acids is 1. The van der Waals surface area contributed by atoms with Gasteiger partial charge in [-0.15, -0.1) is 0 Å². The van der Waals surface area contributed by atoms with E-state index >= 15 is 0 Å². The van der Waals surface area contributed by atoms with Gasteiger partial charge in [-0.05, 0) is 38.0 Å². The number of amides is 1. The third kappa shape index (κ3) is 5.16. The zero-order valence-electron chi connectivity index (χ0n) is 10.9. The first-order valence-corrected chi connectivity index (χ1v) is 6.12. The minimum absolute atomic E-state index is 0.0366. The van der Waals surface area contributed by atoms with E-state index in [2.05, 4.69) is 5.32 Å². The number of anilines is 1. The molecule has 0 radical (unpaired) electrons. The highest BCUT2D eigenvalue weighted by Crippen LogP contribution is 2.33. The molecule has 0 fully saturated rings. The van der Waals surface area contributed by atoms with Crippen molar-refractivity contribution in [1.29, 1.82) is 0 Å². The van der Waals surface area contributed by atoms with Crippen LogP contribution in [0.15, 0.2) is 18.2 Å².